The van der Waals surface area contributed by atoms with Crippen molar-refractivity contribution in [1.82, 2.24) is 5.32 Å². The summed E-state index contributed by atoms with van der Waals surface area (Å²) < 4.78 is 0. The number of unbranched alkanes of at least 4 members (excludes halogenated alkanes) is 1. The van der Waals surface area contributed by atoms with Gasteiger partial charge < -0.3 is 5.32 Å². The summed E-state index contributed by atoms with van der Waals surface area (Å²) >= 11 is 0. The van der Waals surface area contributed by atoms with E-state index in [1.807, 2.05) is 30.3 Å². The van der Waals surface area contributed by atoms with Gasteiger partial charge in [0.2, 0.25) is 0 Å². The summed E-state index contributed by atoms with van der Waals surface area (Å²) in [5, 5.41) is 3.13. The Hall–Kier alpha value is -1.31. The third-order valence-corrected chi connectivity index (χ3v) is 2.91. The van der Waals surface area contributed by atoms with Crippen molar-refractivity contribution >= 4 is 5.91 Å². The van der Waals surface area contributed by atoms with Gasteiger partial charge in [-0.15, -0.1) is 0 Å². The molecule has 1 N–H and O–H groups in total. The molecule has 17 heavy (non-hydrogen) atoms. The van der Waals surface area contributed by atoms with Crippen LogP contribution in [0.25, 0.3) is 0 Å². The van der Waals surface area contributed by atoms with E-state index in [-0.39, 0.29) is 5.91 Å². The summed E-state index contributed by atoms with van der Waals surface area (Å²) in [6.07, 6.45) is 5.63. The summed E-state index contributed by atoms with van der Waals surface area (Å²) in [5.41, 5.74) is 0.755. The van der Waals surface area contributed by atoms with Crippen LogP contribution in [-0.4, -0.2) is 11.9 Å². The third kappa shape index (κ3) is 5.03. The van der Waals surface area contributed by atoms with E-state index in [9.17, 15) is 4.79 Å². The van der Waals surface area contributed by atoms with Gasteiger partial charge in [0.1, 0.15) is 0 Å². The molecule has 0 bridgehead atoms. The molecule has 0 aliphatic rings. The van der Waals surface area contributed by atoms with Crippen LogP contribution in [0.5, 0.6) is 0 Å². The Morgan fingerprint density at radius 2 is 1.82 bits per heavy atom. The highest BCUT2D eigenvalue weighted by atomic mass is 16.1. The maximum Gasteiger partial charge on any atom is 0.251 e. The van der Waals surface area contributed by atoms with Crippen molar-refractivity contribution in [2.24, 2.45) is 0 Å². The Morgan fingerprint density at radius 1 is 1.12 bits per heavy atom. The second kappa shape index (κ2) is 7.88. The van der Waals surface area contributed by atoms with Crippen LogP contribution < -0.4 is 5.32 Å². The standard InChI is InChI=1S/C15H23NO/c1-3-5-12-14(9-4-2)16-15(17)13-10-7-6-8-11-13/h6-8,10-11,14H,3-5,9,12H2,1-2H3,(H,16,17). The van der Waals surface area contributed by atoms with Gasteiger partial charge in [0, 0.05) is 11.6 Å². The van der Waals surface area contributed by atoms with E-state index in [0.717, 1.165) is 24.8 Å². The third-order valence-electron chi connectivity index (χ3n) is 2.91. The average molecular weight is 233 g/mol. The minimum Gasteiger partial charge on any atom is -0.349 e. The van der Waals surface area contributed by atoms with E-state index in [1.165, 1.54) is 12.8 Å². The molecule has 1 amide bonds. The smallest absolute Gasteiger partial charge is 0.251 e. The first kappa shape index (κ1) is 13.8. The van der Waals surface area contributed by atoms with Crippen LogP contribution in [0.1, 0.15) is 56.3 Å². The fourth-order valence-electron chi connectivity index (χ4n) is 1.95. The average Bonchev–Trinajstić information content (AvgIpc) is 2.37. The molecule has 0 radical (unpaired) electrons. The second-order valence-corrected chi connectivity index (χ2v) is 4.47. The quantitative estimate of drug-likeness (QED) is 0.763. The van der Waals surface area contributed by atoms with Crippen LogP contribution in [0.2, 0.25) is 0 Å². The number of amides is 1. The molecular weight excluding hydrogens is 210 g/mol. The number of nitrogens with one attached hydrogen (secondary N) is 1. The van der Waals surface area contributed by atoms with Crippen molar-refractivity contribution in [2.45, 2.75) is 52.0 Å². The van der Waals surface area contributed by atoms with Crippen molar-refractivity contribution in [3.05, 3.63) is 35.9 Å². The molecule has 1 rings (SSSR count). The van der Waals surface area contributed by atoms with Crippen LogP contribution in [-0.2, 0) is 0 Å². The van der Waals surface area contributed by atoms with Crippen LogP contribution in [0.15, 0.2) is 30.3 Å². The second-order valence-electron chi connectivity index (χ2n) is 4.47. The monoisotopic (exact) mass is 233 g/mol. The maximum atomic E-state index is 12.0. The van der Waals surface area contributed by atoms with Crippen LogP contribution in [0, 0.1) is 0 Å². The summed E-state index contributed by atoms with van der Waals surface area (Å²) in [6, 6.07) is 9.77. The van der Waals surface area contributed by atoms with Crippen molar-refractivity contribution in [2.75, 3.05) is 0 Å². The van der Waals surface area contributed by atoms with Gasteiger partial charge >= 0.3 is 0 Å². The van der Waals surface area contributed by atoms with Gasteiger partial charge in [-0.25, -0.2) is 0 Å². The van der Waals surface area contributed by atoms with Gasteiger partial charge in [-0.05, 0) is 25.0 Å². The highest BCUT2D eigenvalue weighted by molar-refractivity contribution is 5.94. The topological polar surface area (TPSA) is 29.1 Å². The molecule has 0 aliphatic heterocycles. The highest BCUT2D eigenvalue weighted by Crippen LogP contribution is 2.08. The predicted molar refractivity (Wildman–Crippen MR) is 72.1 cm³/mol. The highest BCUT2D eigenvalue weighted by Gasteiger charge is 2.11. The number of hydrogen-bond donors (Lipinski definition) is 1. The molecule has 2 nitrogen and oxygen atoms in total. The first-order valence-corrected chi connectivity index (χ1v) is 6.63. The van der Waals surface area contributed by atoms with E-state index in [2.05, 4.69) is 19.2 Å². The zero-order chi connectivity index (χ0) is 12.5. The van der Waals surface area contributed by atoms with Crippen LogP contribution >= 0.6 is 0 Å². The van der Waals surface area contributed by atoms with E-state index >= 15 is 0 Å². The Labute approximate surface area is 104 Å². The first-order valence-electron chi connectivity index (χ1n) is 6.63. The lowest BCUT2D eigenvalue weighted by molar-refractivity contribution is 0.0932. The minimum absolute atomic E-state index is 0.0557. The molecule has 0 saturated carbocycles. The molecule has 1 aromatic carbocycles. The van der Waals surface area contributed by atoms with Gasteiger partial charge in [-0.1, -0.05) is 51.3 Å². The molecule has 1 aromatic rings. The van der Waals surface area contributed by atoms with Crippen molar-refractivity contribution in [3.63, 3.8) is 0 Å². The van der Waals surface area contributed by atoms with Gasteiger partial charge in [-0.3, -0.25) is 4.79 Å². The summed E-state index contributed by atoms with van der Waals surface area (Å²) in [7, 11) is 0. The fraction of sp³-hybridized carbons (Fsp3) is 0.533. The molecule has 0 aromatic heterocycles. The predicted octanol–water partition coefficient (Wildman–Crippen LogP) is 3.78. The molecule has 2 heteroatoms. The first-order chi connectivity index (χ1) is 8.27. The molecule has 1 unspecified atom stereocenters. The molecule has 0 aliphatic carbocycles. The Bertz CT molecular complexity index is 321. The summed E-state index contributed by atoms with van der Waals surface area (Å²) in [4.78, 5) is 12.0. The largest absolute Gasteiger partial charge is 0.349 e. The van der Waals surface area contributed by atoms with E-state index < -0.39 is 0 Å². The van der Waals surface area contributed by atoms with Crippen molar-refractivity contribution in [1.29, 1.82) is 0 Å². The van der Waals surface area contributed by atoms with Crippen molar-refractivity contribution < 1.29 is 4.79 Å². The number of rotatable bonds is 7. The van der Waals surface area contributed by atoms with Gasteiger partial charge in [0.05, 0.1) is 0 Å². The van der Waals surface area contributed by atoms with E-state index in [4.69, 9.17) is 0 Å². The van der Waals surface area contributed by atoms with Gasteiger partial charge in [0.15, 0.2) is 0 Å². The normalized spacial score (nSPS) is 12.1. The van der Waals surface area contributed by atoms with E-state index in [0.29, 0.717) is 6.04 Å². The Balaban J connectivity index is 2.51. The maximum absolute atomic E-state index is 12.0. The molecule has 0 fully saturated rings. The zero-order valence-corrected chi connectivity index (χ0v) is 10.9. The lowest BCUT2D eigenvalue weighted by Gasteiger charge is -2.17. The van der Waals surface area contributed by atoms with E-state index in [1.54, 1.807) is 0 Å². The lowest BCUT2D eigenvalue weighted by Crippen LogP contribution is -2.34. The minimum atomic E-state index is 0.0557. The molecule has 1 atom stereocenters. The fourth-order valence-corrected chi connectivity index (χ4v) is 1.95. The SMILES string of the molecule is CCCCC(CCC)NC(=O)c1ccccc1. The lowest BCUT2D eigenvalue weighted by atomic mass is 10.0. The number of benzene rings is 1. The molecule has 94 valence electrons. The Kier molecular flexibility index (Phi) is 6.38. The number of hydrogen-bond acceptors (Lipinski definition) is 1. The van der Waals surface area contributed by atoms with Crippen molar-refractivity contribution in [3.8, 4) is 0 Å². The molecule has 0 spiro atoms. The number of carbonyl (C=O) groups is 1. The van der Waals surface area contributed by atoms with Gasteiger partial charge in [0.25, 0.3) is 5.91 Å². The Morgan fingerprint density at radius 3 is 2.41 bits per heavy atom. The number of carbonyl (C=O) groups excluding carboxylic acids is 1. The van der Waals surface area contributed by atoms with Crippen LogP contribution in [0.4, 0.5) is 0 Å². The molecule has 0 saturated heterocycles. The summed E-state index contributed by atoms with van der Waals surface area (Å²) in [6.45, 7) is 4.34. The van der Waals surface area contributed by atoms with Crippen LogP contribution in [0.3, 0.4) is 0 Å². The summed E-state index contributed by atoms with van der Waals surface area (Å²) in [5.74, 6) is 0.0557. The van der Waals surface area contributed by atoms with Gasteiger partial charge in [-0.2, -0.15) is 0 Å². The zero-order valence-electron chi connectivity index (χ0n) is 10.9. The molecular formula is C15H23NO. The molecule has 0 heterocycles.